The third-order valence-corrected chi connectivity index (χ3v) is 2.63. The average Bonchev–Trinajstić information content (AvgIpc) is 2.31. The summed E-state index contributed by atoms with van der Waals surface area (Å²) in [6, 6.07) is 2.83. The zero-order valence-corrected chi connectivity index (χ0v) is 10.9. The predicted molar refractivity (Wildman–Crippen MR) is 63.3 cm³/mol. The molecule has 0 saturated heterocycles. The van der Waals surface area contributed by atoms with Crippen molar-refractivity contribution < 1.29 is 24.2 Å². The second-order valence-electron chi connectivity index (χ2n) is 3.03. The third-order valence-electron chi connectivity index (χ3n) is 1.99. The van der Waals surface area contributed by atoms with Crippen LogP contribution in [0.15, 0.2) is 16.6 Å². The largest absolute Gasteiger partial charge is 0.503 e. The summed E-state index contributed by atoms with van der Waals surface area (Å²) in [5.41, 5.74) is -0.0355. The number of carbonyl (C=O) groups excluding carboxylic acids is 2. The van der Waals surface area contributed by atoms with Crippen molar-refractivity contribution in [2.45, 2.75) is 6.92 Å². The van der Waals surface area contributed by atoms with E-state index in [-0.39, 0.29) is 23.7 Å². The number of rotatable bonds is 4. The number of ketones is 1. The Morgan fingerprint density at radius 3 is 2.59 bits per heavy atom. The smallest absolute Gasteiger partial charge is 0.379 e. The zero-order chi connectivity index (χ0) is 13.0. The molecule has 0 bridgehead atoms. The molecular formula is C11H11BrO5. The monoisotopic (exact) mass is 302 g/mol. The number of carbonyl (C=O) groups is 2. The predicted octanol–water partition coefficient (Wildman–Crippen LogP) is 1.91. The first kappa shape index (κ1) is 13.5. The van der Waals surface area contributed by atoms with Gasteiger partial charge in [0.05, 0.1) is 23.8 Å². The van der Waals surface area contributed by atoms with Crippen LogP contribution in [0.1, 0.15) is 17.3 Å². The first-order valence-corrected chi connectivity index (χ1v) is 5.59. The van der Waals surface area contributed by atoms with E-state index in [4.69, 9.17) is 4.74 Å². The van der Waals surface area contributed by atoms with Gasteiger partial charge >= 0.3 is 5.97 Å². The molecule has 1 aromatic carbocycles. The molecule has 5 nitrogen and oxygen atoms in total. The molecule has 0 amide bonds. The molecule has 0 aliphatic heterocycles. The Bertz CT molecular complexity index is 455. The van der Waals surface area contributed by atoms with Gasteiger partial charge in [-0.05, 0) is 35.0 Å². The summed E-state index contributed by atoms with van der Waals surface area (Å²) in [6.07, 6.45) is 0. The normalized spacial score (nSPS) is 9.82. The van der Waals surface area contributed by atoms with Crippen LogP contribution in [0.5, 0.6) is 11.5 Å². The first-order chi connectivity index (χ1) is 8.02. The van der Waals surface area contributed by atoms with E-state index in [9.17, 15) is 14.7 Å². The number of ether oxygens (including phenoxy) is 2. The van der Waals surface area contributed by atoms with Gasteiger partial charge in [-0.1, -0.05) is 0 Å². The maximum atomic E-state index is 11.7. The van der Waals surface area contributed by atoms with Crippen LogP contribution in [0.4, 0.5) is 0 Å². The van der Waals surface area contributed by atoms with E-state index in [1.807, 2.05) is 0 Å². The van der Waals surface area contributed by atoms with Crippen molar-refractivity contribution in [2.75, 3.05) is 13.7 Å². The van der Waals surface area contributed by atoms with E-state index in [0.29, 0.717) is 4.47 Å². The van der Waals surface area contributed by atoms with Crippen LogP contribution in [0.2, 0.25) is 0 Å². The Kier molecular flexibility index (Phi) is 4.51. The molecule has 0 fully saturated rings. The molecule has 0 unspecified atom stereocenters. The van der Waals surface area contributed by atoms with Crippen LogP contribution >= 0.6 is 15.9 Å². The standard InChI is InChI=1S/C11H11BrO5/c1-3-17-11(15)8(13)6-4-5-7(12)9(14)10(6)16-2/h4-5,14H,3H2,1-2H3. The van der Waals surface area contributed by atoms with Crippen molar-refractivity contribution in [1.82, 2.24) is 0 Å². The van der Waals surface area contributed by atoms with Crippen molar-refractivity contribution in [3.63, 3.8) is 0 Å². The van der Waals surface area contributed by atoms with Crippen molar-refractivity contribution in [3.05, 3.63) is 22.2 Å². The van der Waals surface area contributed by atoms with Gasteiger partial charge in [0, 0.05) is 0 Å². The summed E-state index contributed by atoms with van der Waals surface area (Å²) in [7, 11) is 1.30. The van der Waals surface area contributed by atoms with Gasteiger partial charge in [-0.25, -0.2) is 4.79 Å². The number of aromatic hydroxyl groups is 1. The number of hydrogen-bond donors (Lipinski definition) is 1. The van der Waals surface area contributed by atoms with Crippen molar-refractivity contribution in [2.24, 2.45) is 0 Å². The lowest BCUT2D eigenvalue weighted by molar-refractivity contribution is -0.137. The number of methoxy groups -OCH3 is 1. The Hall–Kier alpha value is -1.56. The second-order valence-corrected chi connectivity index (χ2v) is 3.88. The summed E-state index contributed by atoms with van der Waals surface area (Å²) < 4.78 is 9.86. The molecule has 0 saturated carbocycles. The molecule has 0 heterocycles. The van der Waals surface area contributed by atoms with Gasteiger partial charge in [0.25, 0.3) is 5.78 Å². The lowest BCUT2D eigenvalue weighted by Gasteiger charge is -2.09. The Morgan fingerprint density at radius 2 is 2.06 bits per heavy atom. The summed E-state index contributed by atoms with van der Waals surface area (Å²) in [4.78, 5) is 23.0. The van der Waals surface area contributed by atoms with Crippen molar-refractivity contribution in [1.29, 1.82) is 0 Å². The minimum Gasteiger partial charge on any atom is -0.503 e. The number of benzene rings is 1. The van der Waals surface area contributed by atoms with Gasteiger partial charge in [-0.2, -0.15) is 0 Å². The number of phenols is 1. The highest BCUT2D eigenvalue weighted by molar-refractivity contribution is 9.10. The summed E-state index contributed by atoms with van der Waals surface area (Å²) in [6.45, 7) is 1.71. The molecule has 0 spiro atoms. The number of hydrogen-bond acceptors (Lipinski definition) is 5. The Balaban J connectivity index is 3.18. The topological polar surface area (TPSA) is 72.8 Å². The van der Waals surface area contributed by atoms with Crippen molar-refractivity contribution in [3.8, 4) is 11.5 Å². The number of Topliss-reactive ketones (excluding diaryl/α,β-unsaturated/α-hetero) is 1. The molecule has 1 rings (SSSR count). The number of halogens is 1. The maximum absolute atomic E-state index is 11.7. The van der Waals surface area contributed by atoms with E-state index >= 15 is 0 Å². The molecular weight excluding hydrogens is 292 g/mol. The fourth-order valence-corrected chi connectivity index (χ4v) is 1.55. The fraction of sp³-hybridized carbons (Fsp3) is 0.273. The highest BCUT2D eigenvalue weighted by atomic mass is 79.9. The van der Waals surface area contributed by atoms with E-state index < -0.39 is 11.8 Å². The van der Waals surface area contributed by atoms with Crippen LogP contribution in [-0.2, 0) is 9.53 Å². The Morgan fingerprint density at radius 1 is 1.41 bits per heavy atom. The average molecular weight is 303 g/mol. The van der Waals surface area contributed by atoms with Crippen molar-refractivity contribution >= 4 is 27.7 Å². The molecule has 0 radical (unpaired) electrons. The molecule has 0 aliphatic carbocycles. The van der Waals surface area contributed by atoms with Gasteiger partial charge in [-0.3, -0.25) is 4.79 Å². The van der Waals surface area contributed by atoms with Crippen LogP contribution < -0.4 is 4.74 Å². The fourth-order valence-electron chi connectivity index (χ4n) is 1.24. The van der Waals surface area contributed by atoms with Crippen LogP contribution in [-0.4, -0.2) is 30.6 Å². The molecule has 17 heavy (non-hydrogen) atoms. The highest BCUT2D eigenvalue weighted by Gasteiger charge is 2.24. The third kappa shape index (κ3) is 2.76. The zero-order valence-electron chi connectivity index (χ0n) is 9.32. The summed E-state index contributed by atoms with van der Waals surface area (Å²) in [5.74, 6) is -2.13. The van der Waals surface area contributed by atoms with Gasteiger partial charge in [-0.15, -0.1) is 0 Å². The summed E-state index contributed by atoms with van der Waals surface area (Å²) in [5, 5.41) is 9.66. The lowest BCUT2D eigenvalue weighted by atomic mass is 10.1. The quantitative estimate of drug-likeness (QED) is 0.522. The van der Waals surface area contributed by atoms with Crippen LogP contribution in [0.3, 0.4) is 0 Å². The van der Waals surface area contributed by atoms with E-state index in [1.165, 1.54) is 19.2 Å². The van der Waals surface area contributed by atoms with Crippen LogP contribution in [0, 0.1) is 0 Å². The molecule has 6 heteroatoms. The molecule has 92 valence electrons. The van der Waals surface area contributed by atoms with Gasteiger partial charge in [0.15, 0.2) is 11.5 Å². The minimum absolute atomic E-state index is 0.0355. The number of esters is 1. The van der Waals surface area contributed by atoms with E-state index in [1.54, 1.807) is 6.92 Å². The van der Waals surface area contributed by atoms with E-state index in [0.717, 1.165) is 0 Å². The van der Waals surface area contributed by atoms with E-state index in [2.05, 4.69) is 20.7 Å². The second kappa shape index (κ2) is 5.67. The molecule has 0 atom stereocenters. The maximum Gasteiger partial charge on any atom is 0.379 e. The molecule has 0 aromatic heterocycles. The van der Waals surface area contributed by atoms with Gasteiger partial charge in [0.2, 0.25) is 0 Å². The SMILES string of the molecule is CCOC(=O)C(=O)c1ccc(Br)c(O)c1OC. The molecule has 1 N–H and O–H groups in total. The minimum atomic E-state index is -0.979. The first-order valence-electron chi connectivity index (χ1n) is 4.79. The summed E-state index contributed by atoms with van der Waals surface area (Å²) >= 11 is 3.08. The lowest BCUT2D eigenvalue weighted by Crippen LogP contribution is -2.18. The van der Waals surface area contributed by atoms with Gasteiger partial charge < -0.3 is 14.6 Å². The van der Waals surface area contributed by atoms with Gasteiger partial charge in [0.1, 0.15) is 0 Å². The Labute approximate surface area is 106 Å². The highest BCUT2D eigenvalue weighted by Crippen LogP contribution is 2.37. The van der Waals surface area contributed by atoms with Crippen LogP contribution in [0.25, 0.3) is 0 Å². The molecule has 1 aromatic rings. The number of phenolic OH excluding ortho intramolecular Hbond substituents is 1. The molecule has 0 aliphatic rings.